The topological polar surface area (TPSA) is 12.0 Å². The molecule has 0 saturated carbocycles. The predicted octanol–water partition coefficient (Wildman–Crippen LogP) is 3.18. The van der Waals surface area contributed by atoms with Gasteiger partial charge >= 0.3 is 6.30 Å². The van der Waals surface area contributed by atoms with Gasteiger partial charge in [0.25, 0.3) is 0 Å². The number of aryl methyl sites for hydroxylation is 1. The Balaban J connectivity index is 2.70. The van der Waals surface area contributed by atoms with E-state index >= 15 is 0 Å². The maximum Gasteiger partial charge on any atom is 0.482 e. The molecule has 1 rings (SSSR count). The van der Waals surface area contributed by atoms with Crippen molar-refractivity contribution in [1.29, 1.82) is 0 Å². The van der Waals surface area contributed by atoms with Crippen molar-refractivity contribution in [2.24, 2.45) is 0 Å². The van der Waals surface area contributed by atoms with E-state index in [1.165, 1.54) is 17.4 Å². The van der Waals surface area contributed by atoms with Crippen molar-refractivity contribution >= 4 is 5.69 Å². The Hall–Kier alpha value is -1.19. The minimum absolute atomic E-state index is 0.0738. The zero-order valence-electron chi connectivity index (χ0n) is 7.15. The maximum absolute atomic E-state index is 11.8. The fourth-order valence-corrected chi connectivity index (χ4v) is 0.987. The van der Waals surface area contributed by atoms with Crippen LogP contribution < -0.4 is 5.32 Å². The van der Waals surface area contributed by atoms with Gasteiger partial charge in [0, 0.05) is 5.69 Å². The molecule has 0 spiro atoms. The molecule has 0 aliphatic carbocycles. The van der Waals surface area contributed by atoms with E-state index in [0.29, 0.717) is 0 Å². The van der Waals surface area contributed by atoms with Gasteiger partial charge in [0.05, 0.1) is 0 Å². The Morgan fingerprint density at radius 1 is 1.15 bits per heavy atom. The molecular formula is C9H10F3N. The van der Waals surface area contributed by atoms with Gasteiger partial charge in [-0.3, -0.25) is 5.32 Å². The fourth-order valence-electron chi connectivity index (χ4n) is 0.987. The van der Waals surface area contributed by atoms with Crippen LogP contribution in [0.25, 0.3) is 0 Å². The molecule has 0 amide bonds. The van der Waals surface area contributed by atoms with E-state index in [9.17, 15) is 13.2 Å². The third-order valence-corrected chi connectivity index (χ3v) is 1.65. The van der Waals surface area contributed by atoms with Gasteiger partial charge in [-0.15, -0.1) is 0 Å². The van der Waals surface area contributed by atoms with Crippen molar-refractivity contribution in [1.82, 2.24) is 0 Å². The third-order valence-electron chi connectivity index (χ3n) is 1.65. The quantitative estimate of drug-likeness (QED) is 0.704. The third kappa shape index (κ3) is 3.36. The van der Waals surface area contributed by atoms with Crippen molar-refractivity contribution in [3.8, 4) is 0 Å². The van der Waals surface area contributed by atoms with Crippen LogP contribution in [0, 0.1) is 0 Å². The molecule has 0 aromatic heterocycles. The smallest absolute Gasteiger partial charge is 0.298 e. The number of hydrogen-bond donors (Lipinski definition) is 1. The van der Waals surface area contributed by atoms with Crippen LogP contribution in [0.15, 0.2) is 24.3 Å². The Morgan fingerprint density at radius 3 is 2.08 bits per heavy atom. The second kappa shape index (κ2) is 3.68. The normalized spacial score (nSPS) is 11.4. The first-order chi connectivity index (χ1) is 6.01. The molecule has 4 heteroatoms. The number of hydrogen-bond acceptors (Lipinski definition) is 1. The minimum atomic E-state index is -4.35. The number of halogens is 3. The summed E-state index contributed by atoms with van der Waals surface area (Å²) in [6.07, 6.45) is -3.53. The fraction of sp³-hybridized carbons (Fsp3) is 0.333. The van der Waals surface area contributed by atoms with Gasteiger partial charge in [-0.25, -0.2) is 0 Å². The van der Waals surface area contributed by atoms with Crippen LogP contribution in [0.2, 0.25) is 0 Å². The summed E-state index contributed by atoms with van der Waals surface area (Å²) >= 11 is 0. The molecule has 1 nitrogen and oxygen atoms in total. The number of anilines is 1. The lowest BCUT2D eigenvalue weighted by Gasteiger charge is -2.09. The molecule has 1 aromatic rings. The van der Waals surface area contributed by atoms with E-state index in [-0.39, 0.29) is 5.69 Å². The molecule has 0 fully saturated rings. The molecule has 0 saturated heterocycles. The van der Waals surface area contributed by atoms with Crippen LogP contribution in [0.5, 0.6) is 0 Å². The lowest BCUT2D eigenvalue weighted by atomic mass is 10.1. The molecule has 0 aliphatic rings. The second-order valence-corrected chi connectivity index (χ2v) is 2.67. The molecule has 0 bridgehead atoms. The largest absolute Gasteiger partial charge is 0.482 e. The molecule has 72 valence electrons. The lowest BCUT2D eigenvalue weighted by molar-refractivity contribution is -0.0999. The maximum atomic E-state index is 11.8. The number of alkyl halides is 3. The standard InChI is InChI=1S/C9H10F3N/c1-2-7-3-5-8(6-4-7)13-9(10,11)12/h3-6,13H,2H2,1H3. The first-order valence-electron chi connectivity index (χ1n) is 3.95. The summed E-state index contributed by atoms with van der Waals surface area (Å²) in [6, 6.07) is 6.20. The molecule has 0 atom stereocenters. The van der Waals surface area contributed by atoms with Crippen LogP contribution in [0.3, 0.4) is 0 Å². The highest BCUT2D eigenvalue weighted by atomic mass is 19.4. The first-order valence-corrected chi connectivity index (χ1v) is 3.95. The van der Waals surface area contributed by atoms with E-state index in [1.807, 2.05) is 6.92 Å². The monoisotopic (exact) mass is 189 g/mol. The second-order valence-electron chi connectivity index (χ2n) is 2.67. The van der Waals surface area contributed by atoms with E-state index in [0.717, 1.165) is 12.0 Å². The van der Waals surface area contributed by atoms with Crippen molar-refractivity contribution in [2.45, 2.75) is 19.6 Å². The summed E-state index contributed by atoms with van der Waals surface area (Å²) in [6.45, 7) is 1.95. The van der Waals surface area contributed by atoms with Gasteiger partial charge in [-0.05, 0) is 24.1 Å². The summed E-state index contributed by atoms with van der Waals surface area (Å²) in [4.78, 5) is 0. The SMILES string of the molecule is CCc1ccc(NC(F)(F)F)cc1. The highest BCUT2D eigenvalue weighted by Crippen LogP contribution is 2.19. The average molecular weight is 189 g/mol. The Kier molecular flexibility index (Phi) is 2.80. The van der Waals surface area contributed by atoms with Gasteiger partial charge in [0.1, 0.15) is 0 Å². The number of nitrogens with one attached hydrogen (secondary N) is 1. The average Bonchev–Trinajstić information content (AvgIpc) is 2.03. The molecule has 0 heterocycles. The van der Waals surface area contributed by atoms with Gasteiger partial charge in [-0.1, -0.05) is 19.1 Å². The molecule has 13 heavy (non-hydrogen) atoms. The Labute approximate surface area is 74.6 Å². The summed E-state index contributed by atoms with van der Waals surface area (Å²) in [7, 11) is 0. The van der Waals surface area contributed by atoms with Crippen molar-refractivity contribution in [3.63, 3.8) is 0 Å². The van der Waals surface area contributed by atoms with Crippen molar-refractivity contribution < 1.29 is 13.2 Å². The summed E-state index contributed by atoms with van der Waals surface area (Å²) in [5, 5.41) is 1.43. The van der Waals surface area contributed by atoms with E-state index in [4.69, 9.17) is 0 Å². The van der Waals surface area contributed by atoms with Crippen LogP contribution in [-0.2, 0) is 6.42 Å². The number of benzene rings is 1. The molecule has 1 N–H and O–H groups in total. The molecule has 1 aromatic carbocycles. The zero-order chi connectivity index (χ0) is 9.90. The summed E-state index contributed by atoms with van der Waals surface area (Å²) < 4.78 is 35.4. The van der Waals surface area contributed by atoms with E-state index < -0.39 is 6.30 Å². The van der Waals surface area contributed by atoms with Crippen molar-refractivity contribution in [3.05, 3.63) is 29.8 Å². The molecular weight excluding hydrogens is 179 g/mol. The minimum Gasteiger partial charge on any atom is -0.298 e. The van der Waals surface area contributed by atoms with Crippen LogP contribution in [-0.4, -0.2) is 6.30 Å². The van der Waals surface area contributed by atoms with E-state index in [2.05, 4.69) is 0 Å². The van der Waals surface area contributed by atoms with Gasteiger partial charge < -0.3 is 0 Å². The number of rotatable bonds is 2. The Bertz CT molecular complexity index is 263. The molecule has 0 radical (unpaired) electrons. The van der Waals surface area contributed by atoms with Gasteiger partial charge in [0.2, 0.25) is 0 Å². The van der Waals surface area contributed by atoms with Crippen LogP contribution >= 0.6 is 0 Å². The van der Waals surface area contributed by atoms with Crippen LogP contribution in [0.1, 0.15) is 12.5 Å². The van der Waals surface area contributed by atoms with Crippen LogP contribution in [0.4, 0.5) is 18.9 Å². The highest BCUT2D eigenvalue weighted by molar-refractivity contribution is 5.45. The Morgan fingerprint density at radius 2 is 1.69 bits per heavy atom. The summed E-state index contributed by atoms with van der Waals surface area (Å²) in [5.41, 5.74) is 1.09. The van der Waals surface area contributed by atoms with Crippen molar-refractivity contribution in [2.75, 3.05) is 5.32 Å². The highest BCUT2D eigenvalue weighted by Gasteiger charge is 2.26. The first kappa shape index (κ1) is 9.89. The summed E-state index contributed by atoms with van der Waals surface area (Å²) in [5.74, 6) is 0. The van der Waals surface area contributed by atoms with Gasteiger partial charge in [0.15, 0.2) is 0 Å². The van der Waals surface area contributed by atoms with Gasteiger partial charge in [-0.2, -0.15) is 13.2 Å². The lowest BCUT2D eigenvalue weighted by Crippen LogP contribution is -2.20. The zero-order valence-corrected chi connectivity index (χ0v) is 7.15. The predicted molar refractivity (Wildman–Crippen MR) is 45.5 cm³/mol. The molecule has 0 aliphatic heterocycles. The molecule has 0 unspecified atom stereocenters. The van der Waals surface area contributed by atoms with E-state index in [1.54, 1.807) is 12.1 Å².